The number of nitrogens with zero attached hydrogens (tertiary/aromatic N) is 2. The summed E-state index contributed by atoms with van der Waals surface area (Å²) >= 11 is 12.2. The van der Waals surface area contributed by atoms with Crippen molar-refractivity contribution >= 4 is 46.6 Å². The zero-order chi connectivity index (χ0) is 24.6. The minimum absolute atomic E-state index is 0.326. The number of carbonyl (C=O) groups is 2. The molecule has 1 unspecified atom stereocenters. The van der Waals surface area contributed by atoms with Gasteiger partial charge in [-0.05, 0) is 61.2 Å². The van der Waals surface area contributed by atoms with Crippen LogP contribution in [-0.2, 0) is 9.53 Å². The van der Waals surface area contributed by atoms with Gasteiger partial charge in [0.2, 0.25) is 6.10 Å². The molecule has 1 atom stereocenters. The first-order valence-electron chi connectivity index (χ1n) is 11.4. The Balaban J connectivity index is 1.36. The number of aromatic nitrogens is 1. The van der Waals surface area contributed by atoms with Gasteiger partial charge in [0.1, 0.15) is 0 Å². The van der Waals surface area contributed by atoms with Gasteiger partial charge in [-0.25, -0.2) is 4.79 Å². The number of amides is 2. The minimum atomic E-state index is -1.19. The molecule has 2 heterocycles. The van der Waals surface area contributed by atoms with Crippen LogP contribution in [0.2, 0.25) is 10.0 Å². The van der Waals surface area contributed by atoms with Crippen molar-refractivity contribution in [2.24, 2.45) is 5.92 Å². The Hall–Kier alpha value is -3.29. The summed E-state index contributed by atoms with van der Waals surface area (Å²) in [7, 11) is 0. The van der Waals surface area contributed by atoms with E-state index >= 15 is 0 Å². The number of ether oxygens (including phenoxy) is 1. The van der Waals surface area contributed by atoms with E-state index in [1.54, 1.807) is 60.9 Å². The van der Waals surface area contributed by atoms with E-state index in [2.05, 4.69) is 20.5 Å². The van der Waals surface area contributed by atoms with Crippen molar-refractivity contribution in [1.29, 1.82) is 0 Å². The number of hydrogen-bond acceptors (Lipinski definition) is 5. The molecule has 2 N–H and O–H groups in total. The molecule has 182 valence electrons. The maximum atomic E-state index is 13.1. The van der Waals surface area contributed by atoms with Gasteiger partial charge in [0, 0.05) is 59.0 Å². The number of halogens is 2. The standard InChI is InChI=1S/C26H26Cl2N4O3/c27-19-5-7-20(8-6-19)31-26(34)35-24(22-3-1-2-4-23(22)28)25(33)30-17-18-11-15-32(16-12-18)21-9-13-29-14-10-21/h1-10,13-14,18,24H,11-12,15-17H2,(H,30,33)(H,31,34). The molecule has 0 radical (unpaired) electrons. The largest absolute Gasteiger partial charge is 0.431 e. The Labute approximate surface area is 214 Å². The van der Waals surface area contributed by atoms with E-state index < -0.39 is 18.1 Å². The molecule has 9 heteroatoms. The number of rotatable bonds is 7. The summed E-state index contributed by atoms with van der Waals surface area (Å²) in [6.45, 7) is 2.29. The summed E-state index contributed by atoms with van der Waals surface area (Å²) in [6.07, 6.45) is 3.51. The van der Waals surface area contributed by atoms with Crippen LogP contribution in [0.15, 0.2) is 73.1 Å². The van der Waals surface area contributed by atoms with Gasteiger partial charge in [-0.1, -0.05) is 41.4 Å². The summed E-state index contributed by atoms with van der Waals surface area (Å²) in [4.78, 5) is 32.1. The van der Waals surface area contributed by atoms with E-state index in [-0.39, 0.29) is 0 Å². The molecule has 1 saturated heterocycles. The quantitative estimate of drug-likeness (QED) is 0.423. The lowest BCUT2D eigenvalue weighted by atomic mass is 9.96. The number of hydrogen-bond donors (Lipinski definition) is 2. The Bertz CT molecular complexity index is 1140. The predicted molar refractivity (Wildman–Crippen MR) is 138 cm³/mol. The van der Waals surface area contributed by atoms with Crippen LogP contribution < -0.4 is 15.5 Å². The van der Waals surface area contributed by atoms with Gasteiger partial charge < -0.3 is 15.0 Å². The van der Waals surface area contributed by atoms with E-state index in [1.165, 1.54) is 0 Å². The number of nitrogens with one attached hydrogen (secondary N) is 2. The third kappa shape index (κ3) is 6.87. The average Bonchev–Trinajstić information content (AvgIpc) is 2.88. The first-order chi connectivity index (χ1) is 17.0. The zero-order valence-corrected chi connectivity index (χ0v) is 20.5. The van der Waals surface area contributed by atoms with Crippen molar-refractivity contribution in [2.45, 2.75) is 18.9 Å². The number of anilines is 2. The average molecular weight is 513 g/mol. The minimum Gasteiger partial charge on any atom is -0.431 e. The Kier molecular flexibility index (Phi) is 8.45. The highest BCUT2D eigenvalue weighted by molar-refractivity contribution is 6.31. The lowest BCUT2D eigenvalue weighted by Gasteiger charge is -2.33. The van der Waals surface area contributed by atoms with E-state index in [1.807, 2.05) is 12.1 Å². The van der Waals surface area contributed by atoms with Crippen LogP contribution >= 0.6 is 23.2 Å². The van der Waals surface area contributed by atoms with Gasteiger partial charge in [0.05, 0.1) is 0 Å². The van der Waals surface area contributed by atoms with Crippen LogP contribution in [0.3, 0.4) is 0 Å². The Morgan fingerprint density at radius 3 is 2.37 bits per heavy atom. The maximum absolute atomic E-state index is 13.1. The predicted octanol–water partition coefficient (Wildman–Crippen LogP) is 5.71. The monoisotopic (exact) mass is 512 g/mol. The van der Waals surface area contributed by atoms with E-state index in [9.17, 15) is 9.59 Å². The maximum Gasteiger partial charge on any atom is 0.412 e. The molecule has 0 saturated carbocycles. The van der Waals surface area contributed by atoms with E-state index in [4.69, 9.17) is 27.9 Å². The summed E-state index contributed by atoms with van der Waals surface area (Å²) in [6, 6.07) is 17.4. The van der Waals surface area contributed by atoms with Crippen molar-refractivity contribution in [3.05, 3.63) is 88.7 Å². The SMILES string of the molecule is O=C(Nc1ccc(Cl)cc1)OC(C(=O)NCC1CCN(c2ccncc2)CC1)c1ccccc1Cl. The van der Waals surface area contributed by atoms with E-state index in [0.717, 1.165) is 31.6 Å². The van der Waals surface area contributed by atoms with Gasteiger partial charge in [-0.15, -0.1) is 0 Å². The Morgan fingerprint density at radius 2 is 1.69 bits per heavy atom. The van der Waals surface area contributed by atoms with Gasteiger partial charge in [-0.2, -0.15) is 0 Å². The van der Waals surface area contributed by atoms with Crippen molar-refractivity contribution in [2.75, 3.05) is 29.9 Å². The fourth-order valence-electron chi connectivity index (χ4n) is 4.02. The smallest absolute Gasteiger partial charge is 0.412 e. The normalized spacial score (nSPS) is 14.7. The summed E-state index contributed by atoms with van der Waals surface area (Å²) in [5.41, 5.74) is 2.07. The summed E-state index contributed by atoms with van der Waals surface area (Å²) < 4.78 is 5.53. The van der Waals surface area contributed by atoms with Gasteiger partial charge in [0.25, 0.3) is 5.91 Å². The molecule has 3 aromatic rings. The van der Waals surface area contributed by atoms with Crippen molar-refractivity contribution in [1.82, 2.24) is 10.3 Å². The molecule has 7 nitrogen and oxygen atoms in total. The molecule has 1 aliphatic rings. The Morgan fingerprint density at radius 1 is 1.00 bits per heavy atom. The summed E-state index contributed by atoms with van der Waals surface area (Å²) in [5.74, 6) is -0.0901. The highest BCUT2D eigenvalue weighted by Crippen LogP contribution is 2.27. The number of carbonyl (C=O) groups excluding carboxylic acids is 2. The van der Waals surface area contributed by atoms with E-state index in [0.29, 0.717) is 33.8 Å². The molecule has 2 aromatic carbocycles. The molecule has 1 aromatic heterocycles. The molecular weight excluding hydrogens is 487 g/mol. The molecule has 1 aliphatic heterocycles. The van der Waals surface area contributed by atoms with Crippen LogP contribution in [-0.4, -0.2) is 36.6 Å². The second kappa shape index (κ2) is 11.9. The molecular formula is C26H26Cl2N4O3. The second-order valence-electron chi connectivity index (χ2n) is 8.32. The van der Waals surface area contributed by atoms with Crippen molar-refractivity contribution in [3.63, 3.8) is 0 Å². The molecule has 35 heavy (non-hydrogen) atoms. The van der Waals surface area contributed by atoms with Crippen LogP contribution in [0.25, 0.3) is 0 Å². The summed E-state index contributed by atoms with van der Waals surface area (Å²) in [5, 5.41) is 6.47. The molecule has 0 bridgehead atoms. The molecule has 0 spiro atoms. The second-order valence-corrected chi connectivity index (χ2v) is 9.16. The molecule has 4 rings (SSSR count). The number of pyridine rings is 1. The number of benzene rings is 2. The van der Waals surface area contributed by atoms with Gasteiger partial charge in [-0.3, -0.25) is 15.1 Å². The van der Waals surface area contributed by atoms with Crippen LogP contribution in [0.1, 0.15) is 24.5 Å². The first-order valence-corrected chi connectivity index (χ1v) is 12.2. The highest BCUT2D eigenvalue weighted by atomic mass is 35.5. The first kappa shape index (κ1) is 24.8. The lowest BCUT2D eigenvalue weighted by Crippen LogP contribution is -2.40. The van der Waals surface area contributed by atoms with Crippen molar-refractivity contribution in [3.8, 4) is 0 Å². The highest BCUT2D eigenvalue weighted by Gasteiger charge is 2.28. The molecule has 1 fully saturated rings. The van der Waals surface area contributed by atoms with Crippen LogP contribution in [0.4, 0.5) is 16.2 Å². The fourth-order valence-corrected chi connectivity index (χ4v) is 4.38. The van der Waals surface area contributed by atoms with Gasteiger partial charge >= 0.3 is 6.09 Å². The fraction of sp³-hybridized carbons (Fsp3) is 0.269. The molecule has 2 amide bonds. The molecule has 0 aliphatic carbocycles. The van der Waals surface area contributed by atoms with Crippen LogP contribution in [0, 0.1) is 5.92 Å². The number of piperidine rings is 1. The topological polar surface area (TPSA) is 83.6 Å². The lowest BCUT2D eigenvalue weighted by molar-refractivity contribution is -0.129. The third-order valence-electron chi connectivity index (χ3n) is 5.95. The zero-order valence-electron chi connectivity index (χ0n) is 19.0. The van der Waals surface area contributed by atoms with Gasteiger partial charge in [0.15, 0.2) is 0 Å². The third-order valence-corrected chi connectivity index (χ3v) is 6.54. The van der Waals surface area contributed by atoms with Crippen molar-refractivity contribution < 1.29 is 14.3 Å². The van der Waals surface area contributed by atoms with Crippen LogP contribution in [0.5, 0.6) is 0 Å².